The van der Waals surface area contributed by atoms with Gasteiger partial charge in [0, 0.05) is 0 Å². The summed E-state index contributed by atoms with van der Waals surface area (Å²) in [6, 6.07) is 0. The van der Waals surface area contributed by atoms with Crippen LogP contribution in [0, 0.1) is 0 Å². The van der Waals surface area contributed by atoms with Crippen molar-refractivity contribution in [1.82, 2.24) is 0 Å². The molecule has 0 aromatic rings. The molecule has 0 amide bonds. The zero-order valence-electron chi connectivity index (χ0n) is 5.21. The van der Waals surface area contributed by atoms with Gasteiger partial charge in [-0.1, -0.05) is 0 Å². The van der Waals surface area contributed by atoms with Gasteiger partial charge in [0.15, 0.2) is 6.29 Å². The zero-order valence-corrected chi connectivity index (χ0v) is 5.21. The van der Waals surface area contributed by atoms with Crippen molar-refractivity contribution in [3.63, 3.8) is 0 Å². The Morgan fingerprint density at radius 1 is 1.10 bits per heavy atom. The van der Waals surface area contributed by atoms with Crippen LogP contribution in [-0.2, 0) is 4.74 Å². The summed E-state index contributed by atoms with van der Waals surface area (Å²) in [5, 5.41) is 35.0. The number of aliphatic hydroxyl groups excluding tert-OH is 4. The normalized spacial score (nSPS) is 48.0. The lowest BCUT2D eigenvalue weighted by molar-refractivity contribution is -0.132. The van der Waals surface area contributed by atoms with E-state index < -0.39 is 31.2 Å². The van der Waals surface area contributed by atoms with Crippen LogP contribution < -0.4 is 0 Å². The van der Waals surface area contributed by atoms with Gasteiger partial charge in [-0.3, -0.25) is 0 Å². The molecule has 4 N–H and O–H groups in total. The Hall–Kier alpha value is -0.200. The smallest absolute Gasteiger partial charge is 0.184 e. The summed E-state index contributed by atoms with van der Waals surface area (Å²) in [6.45, 7) is -0.407. The number of ether oxygens (including phenoxy) is 1. The van der Waals surface area contributed by atoms with Gasteiger partial charge >= 0.3 is 0 Å². The molecule has 1 aliphatic rings. The second-order valence-electron chi connectivity index (χ2n) is 2.23. The summed E-state index contributed by atoms with van der Waals surface area (Å²) >= 11 is 0. The summed E-state index contributed by atoms with van der Waals surface area (Å²) in [7, 11) is 0. The van der Waals surface area contributed by atoms with Crippen molar-refractivity contribution in [2.75, 3.05) is 6.61 Å². The fraction of sp³-hybridized carbons (Fsp3) is 1.00. The summed E-state index contributed by atoms with van der Waals surface area (Å²) in [6.07, 6.45) is -4.76. The minimum absolute atomic E-state index is 0.407. The highest BCUT2D eigenvalue weighted by atomic mass is 16.8. The van der Waals surface area contributed by atoms with Crippen LogP contribution in [0.5, 0.6) is 0 Å². The Labute approximate surface area is 57.5 Å². The lowest BCUT2D eigenvalue weighted by Crippen LogP contribution is -2.33. The first kappa shape index (κ1) is 7.90. The van der Waals surface area contributed by atoms with E-state index in [9.17, 15) is 0 Å². The summed E-state index contributed by atoms with van der Waals surface area (Å²) in [5.74, 6) is 0. The molecule has 1 saturated heterocycles. The third-order valence-corrected chi connectivity index (χ3v) is 1.52. The van der Waals surface area contributed by atoms with Crippen molar-refractivity contribution in [2.45, 2.75) is 24.6 Å². The van der Waals surface area contributed by atoms with Crippen LogP contribution in [0.1, 0.15) is 0 Å². The van der Waals surface area contributed by atoms with Crippen LogP contribution in [0.2, 0.25) is 0 Å². The molecule has 0 radical (unpaired) electrons. The molecular weight excluding hydrogens is 144 g/mol. The van der Waals surface area contributed by atoms with Crippen molar-refractivity contribution in [1.29, 1.82) is 0 Å². The highest BCUT2D eigenvalue weighted by Crippen LogP contribution is 2.18. The van der Waals surface area contributed by atoms with E-state index in [0.717, 1.165) is 0 Å². The molecule has 0 aliphatic carbocycles. The lowest BCUT2D eigenvalue weighted by atomic mass is 10.9. The topological polar surface area (TPSA) is 90.2 Å². The molecule has 0 spiro atoms. The first-order valence-corrected chi connectivity index (χ1v) is 2.97. The van der Waals surface area contributed by atoms with E-state index in [1.165, 1.54) is 0 Å². The van der Waals surface area contributed by atoms with Gasteiger partial charge in [0.05, 0.1) is 6.61 Å². The van der Waals surface area contributed by atoms with Gasteiger partial charge < -0.3 is 25.2 Å². The van der Waals surface area contributed by atoms with Crippen molar-refractivity contribution in [3.8, 4) is 0 Å². The molecule has 1 rings (SSSR count). The van der Waals surface area contributed by atoms with Crippen molar-refractivity contribution in [3.05, 3.63) is 0 Å². The second-order valence-corrected chi connectivity index (χ2v) is 2.23. The fourth-order valence-electron chi connectivity index (χ4n) is 0.880. The van der Waals surface area contributed by atoms with Gasteiger partial charge in [0.1, 0.15) is 18.3 Å². The van der Waals surface area contributed by atoms with Crippen LogP contribution in [0.4, 0.5) is 0 Å². The molecule has 1 unspecified atom stereocenters. The molecule has 0 bridgehead atoms. The minimum Gasteiger partial charge on any atom is -0.394 e. The quantitative estimate of drug-likeness (QED) is 0.311. The molecule has 5 heteroatoms. The van der Waals surface area contributed by atoms with Crippen LogP contribution in [0.3, 0.4) is 0 Å². The maximum absolute atomic E-state index is 8.93. The molecule has 5 nitrogen and oxygen atoms in total. The third-order valence-electron chi connectivity index (χ3n) is 1.52. The summed E-state index contributed by atoms with van der Waals surface area (Å²) < 4.78 is 4.54. The van der Waals surface area contributed by atoms with E-state index in [0.29, 0.717) is 0 Å². The Morgan fingerprint density at radius 2 is 1.70 bits per heavy atom. The van der Waals surface area contributed by atoms with Gasteiger partial charge in [-0.05, 0) is 0 Å². The van der Waals surface area contributed by atoms with Crippen LogP contribution in [0.25, 0.3) is 0 Å². The van der Waals surface area contributed by atoms with Gasteiger partial charge in [-0.25, -0.2) is 0 Å². The molecule has 1 fully saturated rings. The van der Waals surface area contributed by atoms with Crippen LogP contribution in [0.15, 0.2) is 0 Å². The monoisotopic (exact) mass is 154 g/mol. The number of hydrogen-bond acceptors (Lipinski definition) is 5. The SMILES string of the molecule is O[13CH2][13C@H]1OC(O)[13C@H](O)[13C@@H]1O. The standard InChI is InChI=1S/C5H10O5/c6-1-2-3(7)4(8)5(9)10-2/h2-9H,1H2/t2-,3-,4-,5?/m1/s1/i1+1,2+1,3+1,4+1. The molecular formula is C5H10O5. The highest BCUT2D eigenvalue weighted by molar-refractivity contribution is 4.84. The first-order chi connectivity index (χ1) is 4.66. The predicted molar refractivity (Wildman–Crippen MR) is 30.0 cm³/mol. The Kier molecular flexibility index (Phi) is 2.22. The largest absolute Gasteiger partial charge is 0.394 e. The molecule has 4 atom stereocenters. The maximum atomic E-state index is 8.93. The number of aliphatic hydroxyl groups is 4. The highest BCUT2D eigenvalue weighted by Gasteiger charge is 2.41. The average molecular weight is 154 g/mol. The van der Waals surface area contributed by atoms with E-state index in [-0.39, 0.29) is 0 Å². The molecule has 1 aliphatic heterocycles. The zero-order chi connectivity index (χ0) is 7.72. The van der Waals surface area contributed by atoms with E-state index in [4.69, 9.17) is 20.4 Å². The molecule has 0 aromatic heterocycles. The second kappa shape index (κ2) is 2.81. The van der Waals surface area contributed by atoms with E-state index >= 15 is 0 Å². The van der Waals surface area contributed by atoms with Crippen molar-refractivity contribution >= 4 is 0 Å². The Bertz CT molecular complexity index is 117. The molecule has 10 heavy (non-hydrogen) atoms. The minimum atomic E-state index is -1.38. The van der Waals surface area contributed by atoms with Crippen molar-refractivity contribution < 1.29 is 25.2 Å². The van der Waals surface area contributed by atoms with Gasteiger partial charge in [0.2, 0.25) is 0 Å². The van der Waals surface area contributed by atoms with E-state index in [1.807, 2.05) is 0 Å². The predicted octanol–water partition coefficient (Wildman–Crippen LogP) is -2.58. The molecule has 1 heterocycles. The van der Waals surface area contributed by atoms with E-state index in [2.05, 4.69) is 4.74 Å². The molecule has 0 saturated carbocycles. The Balaban J connectivity index is 2.53. The Morgan fingerprint density at radius 3 is 1.90 bits per heavy atom. The van der Waals surface area contributed by atoms with Gasteiger partial charge in [-0.2, -0.15) is 0 Å². The van der Waals surface area contributed by atoms with Crippen molar-refractivity contribution in [2.24, 2.45) is 0 Å². The van der Waals surface area contributed by atoms with Gasteiger partial charge in [-0.15, -0.1) is 0 Å². The molecule has 60 valence electrons. The average Bonchev–Trinajstić information content (AvgIpc) is 2.17. The van der Waals surface area contributed by atoms with Gasteiger partial charge in [0.25, 0.3) is 0 Å². The number of rotatable bonds is 1. The third kappa shape index (κ3) is 1.14. The summed E-state index contributed by atoms with van der Waals surface area (Å²) in [5.41, 5.74) is 0. The summed E-state index contributed by atoms with van der Waals surface area (Å²) in [4.78, 5) is 0. The molecule has 0 aromatic carbocycles. The number of hydrogen-bond donors (Lipinski definition) is 4. The maximum Gasteiger partial charge on any atom is 0.184 e. The van der Waals surface area contributed by atoms with Crippen LogP contribution in [-0.4, -0.2) is 51.6 Å². The lowest BCUT2D eigenvalue weighted by Gasteiger charge is -2.09. The van der Waals surface area contributed by atoms with Crippen LogP contribution >= 0.6 is 0 Å². The van der Waals surface area contributed by atoms with E-state index in [1.54, 1.807) is 0 Å². The first-order valence-electron chi connectivity index (χ1n) is 2.97. The fourth-order valence-corrected chi connectivity index (χ4v) is 0.880.